The largest absolute Gasteiger partial charge is 0.478 e. The molecule has 0 saturated heterocycles. The lowest BCUT2D eigenvalue weighted by Gasteiger charge is -2.14. The topological polar surface area (TPSA) is 133 Å². The highest BCUT2D eigenvalue weighted by Crippen LogP contribution is 2.27. The quantitative estimate of drug-likeness (QED) is 0.431. The van der Waals surface area contributed by atoms with Crippen LogP contribution in [0, 0.1) is 0 Å². The van der Waals surface area contributed by atoms with Crippen molar-refractivity contribution in [2.45, 2.75) is 12.8 Å². The maximum atomic E-state index is 12.4. The molecule has 0 aromatic heterocycles. The van der Waals surface area contributed by atoms with Gasteiger partial charge >= 0.3 is 11.9 Å². The van der Waals surface area contributed by atoms with Gasteiger partial charge in [-0.2, -0.15) is 0 Å². The molecule has 3 aromatic rings. The van der Waals surface area contributed by atoms with Crippen molar-refractivity contribution in [3.8, 4) is 0 Å². The summed E-state index contributed by atoms with van der Waals surface area (Å²) in [4.78, 5) is 48.3. The van der Waals surface area contributed by atoms with Crippen LogP contribution in [0.5, 0.6) is 0 Å². The molecule has 0 spiro atoms. The van der Waals surface area contributed by atoms with Crippen molar-refractivity contribution in [3.63, 3.8) is 0 Å². The molecule has 0 heterocycles. The molecule has 0 radical (unpaired) electrons. The van der Waals surface area contributed by atoms with E-state index in [9.17, 15) is 29.4 Å². The van der Waals surface area contributed by atoms with Crippen molar-refractivity contribution in [1.82, 2.24) is 0 Å². The van der Waals surface area contributed by atoms with Crippen LogP contribution in [0.15, 0.2) is 72.8 Å². The van der Waals surface area contributed by atoms with Gasteiger partial charge < -0.3 is 20.8 Å². The van der Waals surface area contributed by atoms with Crippen molar-refractivity contribution in [3.05, 3.63) is 95.1 Å². The van der Waals surface area contributed by atoms with Crippen molar-refractivity contribution in [1.29, 1.82) is 0 Å². The molecule has 0 aliphatic heterocycles. The lowest BCUT2D eigenvalue weighted by Crippen LogP contribution is -2.20. The van der Waals surface area contributed by atoms with E-state index >= 15 is 0 Å². The molecule has 162 valence electrons. The number of hydrogen-bond donors (Lipinski definition) is 4. The van der Waals surface area contributed by atoms with E-state index in [1.807, 2.05) is 0 Å². The van der Waals surface area contributed by atoms with E-state index in [0.717, 1.165) is 12.1 Å². The Labute approximate surface area is 183 Å². The number of rotatable bonds is 8. The standard InChI is InChI=1S/C24H20N2O6/c27-21(11-15-7-3-1-4-8-15)25-19-13-18(24(31)32)20(14-17(19)23(29)30)26-22(28)12-16-9-5-2-6-10-16/h1-10,13-14H,11-12H2,(H,25,27)(H,26,28)(H,29,30)(H,31,32). The molecule has 0 aliphatic carbocycles. The Morgan fingerprint density at radius 1 is 0.594 bits per heavy atom. The molecule has 3 aromatic carbocycles. The van der Waals surface area contributed by atoms with E-state index < -0.39 is 23.8 Å². The van der Waals surface area contributed by atoms with E-state index in [0.29, 0.717) is 11.1 Å². The van der Waals surface area contributed by atoms with Gasteiger partial charge in [0.25, 0.3) is 0 Å². The zero-order valence-electron chi connectivity index (χ0n) is 16.9. The lowest BCUT2D eigenvalue weighted by molar-refractivity contribution is -0.116. The number of nitrogens with one attached hydrogen (secondary N) is 2. The summed E-state index contributed by atoms with van der Waals surface area (Å²) >= 11 is 0. The van der Waals surface area contributed by atoms with Crippen molar-refractivity contribution in [2.24, 2.45) is 0 Å². The number of carbonyl (C=O) groups is 4. The highest BCUT2D eigenvalue weighted by atomic mass is 16.4. The zero-order valence-corrected chi connectivity index (χ0v) is 16.9. The molecule has 0 bridgehead atoms. The number of hydrogen-bond acceptors (Lipinski definition) is 4. The Kier molecular flexibility index (Phi) is 6.97. The predicted molar refractivity (Wildman–Crippen MR) is 118 cm³/mol. The van der Waals surface area contributed by atoms with Gasteiger partial charge in [0, 0.05) is 0 Å². The molecule has 8 heteroatoms. The van der Waals surface area contributed by atoms with E-state index in [1.54, 1.807) is 60.7 Å². The first kappa shape index (κ1) is 22.2. The van der Waals surface area contributed by atoms with Gasteiger partial charge in [-0.25, -0.2) is 9.59 Å². The van der Waals surface area contributed by atoms with Crippen LogP contribution in [0.3, 0.4) is 0 Å². The normalized spacial score (nSPS) is 10.2. The molecule has 0 saturated carbocycles. The zero-order chi connectivity index (χ0) is 23.1. The second-order valence-electron chi connectivity index (χ2n) is 6.97. The second-order valence-corrected chi connectivity index (χ2v) is 6.97. The third kappa shape index (κ3) is 5.79. The number of carboxylic acids is 2. The van der Waals surface area contributed by atoms with Gasteiger partial charge in [-0.05, 0) is 23.3 Å². The summed E-state index contributed by atoms with van der Waals surface area (Å²) in [6.45, 7) is 0. The van der Waals surface area contributed by atoms with Gasteiger partial charge in [0.05, 0.1) is 35.3 Å². The van der Waals surface area contributed by atoms with Gasteiger partial charge in [0.1, 0.15) is 0 Å². The van der Waals surface area contributed by atoms with Crippen LogP contribution in [0.2, 0.25) is 0 Å². The predicted octanol–water partition coefficient (Wildman–Crippen LogP) is 3.45. The van der Waals surface area contributed by atoms with Gasteiger partial charge in [-0.3, -0.25) is 9.59 Å². The molecule has 0 aliphatic rings. The molecule has 0 unspecified atom stereocenters. The third-order valence-corrected chi connectivity index (χ3v) is 4.58. The SMILES string of the molecule is O=C(Cc1ccccc1)Nc1cc(C(=O)O)c(NC(=O)Cc2ccccc2)cc1C(=O)O. The van der Waals surface area contributed by atoms with Gasteiger partial charge in [-0.1, -0.05) is 60.7 Å². The minimum absolute atomic E-state index is 0.0160. The summed E-state index contributed by atoms with van der Waals surface area (Å²) in [5.74, 6) is -3.77. The lowest BCUT2D eigenvalue weighted by atomic mass is 10.0. The maximum Gasteiger partial charge on any atom is 0.337 e. The Hall–Kier alpha value is -4.46. The molecule has 0 atom stereocenters. The van der Waals surface area contributed by atoms with Crippen molar-refractivity contribution >= 4 is 35.1 Å². The summed E-state index contributed by atoms with van der Waals surface area (Å²) in [6.07, 6.45) is -0.0320. The average molecular weight is 432 g/mol. The smallest absolute Gasteiger partial charge is 0.337 e. The highest BCUT2D eigenvalue weighted by Gasteiger charge is 2.21. The Bertz CT molecular complexity index is 1070. The van der Waals surface area contributed by atoms with Crippen LogP contribution in [-0.4, -0.2) is 34.0 Å². The first-order chi connectivity index (χ1) is 15.3. The molecule has 8 nitrogen and oxygen atoms in total. The summed E-state index contributed by atoms with van der Waals surface area (Å²) in [5, 5.41) is 24.1. The summed E-state index contributed by atoms with van der Waals surface area (Å²) in [7, 11) is 0. The summed E-state index contributed by atoms with van der Waals surface area (Å²) in [6, 6.07) is 19.7. The minimum atomic E-state index is -1.38. The summed E-state index contributed by atoms with van der Waals surface area (Å²) in [5.41, 5.74) is 0.405. The van der Waals surface area contributed by atoms with E-state index in [4.69, 9.17) is 0 Å². The fourth-order valence-corrected chi connectivity index (χ4v) is 3.11. The highest BCUT2D eigenvalue weighted by molar-refractivity contribution is 6.08. The third-order valence-electron chi connectivity index (χ3n) is 4.58. The number of benzene rings is 3. The van der Waals surface area contributed by atoms with E-state index in [-0.39, 0.29) is 35.3 Å². The molecule has 4 N–H and O–H groups in total. The van der Waals surface area contributed by atoms with E-state index in [1.165, 1.54) is 0 Å². The number of aromatic carboxylic acids is 2. The maximum absolute atomic E-state index is 12.4. The number of amides is 2. The molecular weight excluding hydrogens is 412 g/mol. The minimum Gasteiger partial charge on any atom is -0.478 e. The van der Waals surface area contributed by atoms with E-state index in [2.05, 4.69) is 10.6 Å². The van der Waals surface area contributed by atoms with Gasteiger partial charge in [0.2, 0.25) is 11.8 Å². The number of carboxylic acid groups (broad SMARTS) is 2. The Morgan fingerprint density at radius 2 is 0.938 bits per heavy atom. The van der Waals surface area contributed by atoms with Crippen LogP contribution in [0.25, 0.3) is 0 Å². The first-order valence-corrected chi connectivity index (χ1v) is 9.65. The molecule has 0 fully saturated rings. The Morgan fingerprint density at radius 3 is 1.25 bits per heavy atom. The van der Waals surface area contributed by atoms with Crippen LogP contribution >= 0.6 is 0 Å². The van der Waals surface area contributed by atoms with Crippen LogP contribution in [0.4, 0.5) is 11.4 Å². The fraction of sp³-hybridized carbons (Fsp3) is 0.0833. The van der Waals surface area contributed by atoms with Crippen molar-refractivity contribution < 1.29 is 29.4 Å². The molecule has 3 rings (SSSR count). The van der Waals surface area contributed by atoms with Crippen LogP contribution < -0.4 is 10.6 Å². The monoisotopic (exact) mass is 432 g/mol. The van der Waals surface area contributed by atoms with Crippen LogP contribution in [-0.2, 0) is 22.4 Å². The average Bonchev–Trinajstić information content (AvgIpc) is 2.75. The van der Waals surface area contributed by atoms with Crippen LogP contribution in [0.1, 0.15) is 31.8 Å². The number of carbonyl (C=O) groups excluding carboxylic acids is 2. The molecule has 2 amide bonds. The second kappa shape index (κ2) is 10.0. The molecule has 32 heavy (non-hydrogen) atoms. The number of anilines is 2. The summed E-state index contributed by atoms with van der Waals surface area (Å²) < 4.78 is 0. The Balaban J connectivity index is 1.86. The molecular formula is C24H20N2O6. The van der Waals surface area contributed by atoms with Crippen molar-refractivity contribution in [2.75, 3.05) is 10.6 Å². The fourth-order valence-electron chi connectivity index (χ4n) is 3.11. The van der Waals surface area contributed by atoms with Gasteiger partial charge in [-0.15, -0.1) is 0 Å². The van der Waals surface area contributed by atoms with Gasteiger partial charge in [0.15, 0.2) is 0 Å². The first-order valence-electron chi connectivity index (χ1n) is 9.65.